The van der Waals surface area contributed by atoms with Gasteiger partial charge < -0.3 is 25.2 Å². The Morgan fingerprint density at radius 2 is 1.53 bits per heavy atom. The van der Waals surface area contributed by atoms with Gasteiger partial charge in [-0.2, -0.15) is 0 Å². The molecule has 0 aliphatic heterocycles. The van der Waals surface area contributed by atoms with Crippen LogP contribution in [-0.4, -0.2) is 57.9 Å². The van der Waals surface area contributed by atoms with E-state index in [4.69, 9.17) is 9.84 Å². The maximum atomic E-state index is 10.5. The molecule has 0 aliphatic carbocycles. The molecule has 0 bridgehead atoms. The van der Waals surface area contributed by atoms with E-state index in [9.17, 15) is 20.1 Å². The van der Waals surface area contributed by atoms with Crippen molar-refractivity contribution in [3.63, 3.8) is 0 Å². The molecule has 5 unspecified atom stereocenters. The molecule has 5 atom stereocenters. The fraction of sp³-hybridized carbons (Fsp3) is 0.889. The highest BCUT2D eigenvalue weighted by Gasteiger charge is 2.34. The summed E-state index contributed by atoms with van der Waals surface area (Å²) in [6, 6.07) is 0. The third-order valence-corrected chi connectivity index (χ3v) is 2.45. The minimum atomic E-state index is -1.55. The highest BCUT2D eigenvalue weighted by molar-refractivity contribution is 5.70. The number of aliphatic carboxylic acids is 1. The van der Waals surface area contributed by atoms with Crippen molar-refractivity contribution in [3.05, 3.63) is 0 Å². The minimum Gasteiger partial charge on any atom is -0.481 e. The van der Waals surface area contributed by atoms with Crippen molar-refractivity contribution in [2.24, 2.45) is 5.92 Å². The van der Waals surface area contributed by atoms with Crippen molar-refractivity contribution in [2.75, 3.05) is 7.11 Å². The molecular weight excluding hydrogens is 204 g/mol. The van der Waals surface area contributed by atoms with Gasteiger partial charge in [-0.3, -0.25) is 4.79 Å². The van der Waals surface area contributed by atoms with Crippen LogP contribution in [-0.2, 0) is 9.53 Å². The van der Waals surface area contributed by atoms with E-state index in [0.717, 1.165) is 0 Å². The number of carboxylic acids is 1. The van der Waals surface area contributed by atoms with Gasteiger partial charge in [0.05, 0.1) is 18.1 Å². The van der Waals surface area contributed by atoms with Gasteiger partial charge in [0.1, 0.15) is 12.2 Å². The van der Waals surface area contributed by atoms with E-state index in [2.05, 4.69) is 0 Å². The van der Waals surface area contributed by atoms with Crippen LogP contribution in [0.25, 0.3) is 0 Å². The lowest BCUT2D eigenvalue weighted by atomic mass is 9.94. The van der Waals surface area contributed by atoms with Crippen molar-refractivity contribution in [2.45, 2.75) is 38.3 Å². The van der Waals surface area contributed by atoms with Crippen LogP contribution in [0, 0.1) is 5.92 Å². The van der Waals surface area contributed by atoms with Crippen molar-refractivity contribution >= 4 is 5.97 Å². The lowest BCUT2D eigenvalue weighted by Gasteiger charge is -2.28. The molecule has 0 fully saturated rings. The molecule has 0 aromatic carbocycles. The molecule has 0 saturated heterocycles. The van der Waals surface area contributed by atoms with Crippen molar-refractivity contribution in [1.82, 2.24) is 0 Å². The highest BCUT2D eigenvalue weighted by atomic mass is 16.5. The molecule has 6 nitrogen and oxygen atoms in total. The van der Waals surface area contributed by atoms with E-state index in [1.54, 1.807) is 0 Å². The number of rotatable bonds is 6. The summed E-state index contributed by atoms with van der Waals surface area (Å²) in [4.78, 5) is 10.5. The quantitative estimate of drug-likeness (QED) is 0.451. The fourth-order valence-corrected chi connectivity index (χ4v) is 1.06. The van der Waals surface area contributed by atoms with Gasteiger partial charge in [0.2, 0.25) is 0 Å². The molecule has 0 aromatic heterocycles. The summed E-state index contributed by atoms with van der Waals surface area (Å²) in [6.45, 7) is 2.76. The van der Waals surface area contributed by atoms with Crippen molar-refractivity contribution < 1.29 is 30.0 Å². The van der Waals surface area contributed by atoms with Crippen LogP contribution in [0.3, 0.4) is 0 Å². The highest BCUT2D eigenvalue weighted by Crippen LogP contribution is 2.13. The topological polar surface area (TPSA) is 107 Å². The number of methoxy groups -OCH3 is 1. The van der Waals surface area contributed by atoms with E-state index in [-0.39, 0.29) is 0 Å². The average molecular weight is 222 g/mol. The van der Waals surface area contributed by atoms with Crippen LogP contribution < -0.4 is 0 Å². The largest absolute Gasteiger partial charge is 0.481 e. The number of carboxylic acid groups (broad SMARTS) is 1. The van der Waals surface area contributed by atoms with Crippen LogP contribution in [0.4, 0.5) is 0 Å². The zero-order valence-corrected chi connectivity index (χ0v) is 8.99. The summed E-state index contributed by atoms with van der Waals surface area (Å²) in [6.07, 6.45) is -5.09. The van der Waals surface area contributed by atoms with Gasteiger partial charge in [-0.15, -0.1) is 0 Å². The summed E-state index contributed by atoms with van der Waals surface area (Å²) in [7, 11) is 1.34. The van der Waals surface area contributed by atoms with Gasteiger partial charge >= 0.3 is 5.97 Å². The number of aliphatic hydroxyl groups is 3. The van der Waals surface area contributed by atoms with Gasteiger partial charge in [-0.05, 0) is 13.8 Å². The molecule has 0 radical (unpaired) electrons. The summed E-state index contributed by atoms with van der Waals surface area (Å²) >= 11 is 0. The molecule has 4 N–H and O–H groups in total. The number of ether oxygens (including phenoxy) is 1. The van der Waals surface area contributed by atoms with Crippen LogP contribution in [0.1, 0.15) is 13.8 Å². The first-order chi connectivity index (χ1) is 6.82. The van der Waals surface area contributed by atoms with E-state index in [0.29, 0.717) is 0 Å². The van der Waals surface area contributed by atoms with E-state index in [1.807, 2.05) is 0 Å². The second kappa shape index (κ2) is 6.02. The Kier molecular flexibility index (Phi) is 5.74. The molecule has 0 aliphatic rings. The van der Waals surface area contributed by atoms with Crippen LogP contribution in [0.15, 0.2) is 0 Å². The first kappa shape index (κ1) is 14.3. The molecule has 6 heteroatoms. The molecule has 15 heavy (non-hydrogen) atoms. The molecular formula is C9H18O6. The standard InChI is InChI=1S/C9H18O6/c1-4(9(13)14)6(10)8(12)7(11)5(2)15-3/h4-8,10-12H,1-3H3,(H,13,14). The van der Waals surface area contributed by atoms with Gasteiger partial charge in [-0.1, -0.05) is 0 Å². The average Bonchev–Trinajstić information content (AvgIpc) is 2.23. The predicted molar refractivity (Wildman–Crippen MR) is 51.3 cm³/mol. The first-order valence-electron chi connectivity index (χ1n) is 4.62. The first-order valence-corrected chi connectivity index (χ1v) is 4.62. The van der Waals surface area contributed by atoms with E-state index < -0.39 is 36.3 Å². The van der Waals surface area contributed by atoms with Crippen molar-refractivity contribution in [3.8, 4) is 0 Å². The van der Waals surface area contributed by atoms with Gasteiger partial charge in [0.15, 0.2) is 0 Å². The van der Waals surface area contributed by atoms with Crippen LogP contribution in [0.2, 0.25) is 0 Å². The lowest BCUT2D eigenvalue weighted by Crippen LogP contribution is -2.47. The fourth-order valence-electron chi connectivity index (χ4n) is 1.06. The zero-order valence-electron chi connectivity index (χ0n) is 8.99. The smallest absolute Gasteiger partial charge is 0.308 e. The maximum Gasteiger partial charge on any atom is 0.308 e. The minimum absolute atomic E-state index is 0.685. The second-order valence-electron chi connectivity index (χ2n) is 3.54. The van der Waals surface area contributed by atoms with Gasteiger partial charge in [-0.25, -0.2) is 0 Å². The summed E-state index contributed by atoms with van der Waals surface area (Å²) in [5, 5.41) is 36.9. The number of carbonyl (C=O) groups is 1. The summed E-state index contributed by atoms with van der Waals surface area (Å²) in [5.74, 6) is -2.39. The second-order valence-corrected chi connectivity index (χ2v) is 3.54. The van der Waals surface area contributed by atoms with Crippen molar-refractivity contribution in [1.29, 1.82) is 0 Å². The summed E-state index contributed by atoms with van der Waals surface area (Å²) < 4.78 is 4.75. The molecule has 0 amide bonds. The van der Waals surface area contributed by atoms with Crippen LogP contribution in [0.5, 0.6) is 0 Å². The predicted octanol–water partition coefficient (Wildman–Crippen LogP) is -1.18. The van der Waals surface area contributed by atoms with Gasteiger partial charge in [0.25, 0.3) is 0 Å². The number of aliphatic hydroxyl groups excluding tert-OH is 3. The molecule has 0 saturated carbocycles. The lowest BCUT2D eigenvalue weighted by molar-refractivity contribution is -0.156. The maximum absolute atomic E-state index is 10.5. The number of hydrogen-bond donors (Lipinski definition) is 4. The summed E-state index contributed by atoms with van der Waals surface area (Å²) in [5.41, 5.74) is 0. The Bertz CT molecular complexity index is 207. The molecule has 0 rings (SSSR count). The Morgan fingerprint density at radius 1 is 1.07 bits per heavy atom. The molecule has 0 spiro atoms. The Labute approximate surface area is 88.1 Å². The van der Waals surface area contributed by atoms with Crippen LogP contribution >= 0.6 is 0 Å². The Morgan fingerprint density at radius 3 is 1.87 bits per heavy atom. The molecule has 0 aromatic rings. The third-order valence-electron chi connectivity index (χ3n) is 2.45. The normalized spacial score (nSPS) is 21.5. The Balaban J connectivity index is 4.42. The van der Waals surface area contributed by atoms with E-state index in [1.165, 1.54) is 21.0 Å². The molecule has 90 valence electrons. The third kappa shape index (κ3) is 3.75. The SMILES string of the molecule is COC(C)C(O)C(O)C(O)C(C)C(=O)O. The van der Waals surface area contributed by atoms with Gasteiger partial charge in [0, 0.05) is 7.11 Å². The monoisotopic (exact) mass is 222 g/mol. The Hall–Kier alpha value is -0.690. The number of hydrogen-bond acceptors (Lipinski definition) is 5. The zero-order chi connectivity index (χ0) is 12.2. The molecule has 0 heterocycles. The van der Waals surface area contributed by atoms with E-state index >= 15 is 0 Å².